The average molecular weight is 217 g/mol. The van der Waals surface area contributed by atoms with Gasteiger partial charge in [-0.15, -0.1) is 0 Å². The van der Waals surface area contributed by atoms with Crippen LogP contribution in [0.1, 0.15) is 25.0 Å². The van der Waals surface area contributed by atoms with E-state index in [2.05, 4.69) is 6.07 Å². The molecular weight excluding hydrogens is 198 g/mol. The third-order valence-electron chi connectivity index (χ3n) is 2.54. The first-order valence-corrected chi connectivity index (χ1v) is 5.71. The molecule has 0 fully saturated rings. The van der Waals surface area contributed by atoms with E-state index in [9.17, 15) is 4.79 Å². The Balaban J connectivity index is 2.70. The third-order valence-corrected chi connectivity index (χ3v) is 2.54. The number of rotatable bonds is 4. The molecule has 0 heterocycles. The van der Waals surface area contributed by atoms with Gasteiger partial charge in [0, 0.05) is 19.2 Å². The van der Waals surface area contributed by atoms with E-state index in [1.54, 1.807) is 11.0 Å². The average Bonchev–Trinajstić information content (AvgIpc) is 2.28. The molecule has 0 spiro atoms. The predicted octanol–water partition coefficient (Wildman–Crippen LogP) is 2.88. The van der Waals surface area contributed by atoms with Crippen molar-refractivity contribution in [3.8, 4) is 0 Å². The van der Waals surface area contributed by atoms with Crippen LogP contribution in [0.3, 0.4) is 0 Å². The van der Waals surface area contributed by atoms with Crippen LogP contribution in [-0.4, -0.2) is 23.9 Å². The van der Waals surface area contributed by atoms with Gasteiger partial charge in [0.15, 0.2) is 0 Å². The second-order valence-electron chi connectivity index (χ2n) is 3.76. The van der Waals surface area contributed by atoms with Crippen molar-refractivity contribution in [3.63, 3.8) is 0 Å². The number of carbonyl (C=O) groups is 1. The van der Waals surface area contributed by atoms with E-state index < -0.39 is 0 Å². The predicted molar refractivity (Wildman–Crippen MR) is 68.1 cm³/mol. The van der Waals surface area contributed by atoms with E-state index in [0.29, 0.717) is 0 Å². The van der Waals surface area contributed by atoms with Crippen LogP contribution in [0.15, 0.2) is 30.3 Å². The molecule has 0 bridgehead atoms. The summed E-state index contributed by atoms with van der Waals surface area (Å²) >= 11 is 0. The Hall–Kier alpha value is -1.57. The summed E-state index contributed by atoms with van der Waals surface area (Å²) in [5.41, 5.74) is 2.28. The van der Waals surface area contributed by atoms with E-state index >= 15 is 0 Å². The maximum atomic E-state index is 11.7. The number of hydrogen-bond donors (Lipinski definition) is 0. The summed E-state index contributed by atoms with van der Waals surface area (Å²) in [4.78, 5) is 13.5. The lowest BCUT2D eigenvalue weighted by Crippen LogP contribution is -2.28. The van der Waals surface area contributed by atoms with E-state index in [1.807, 2.05) is 45.0 Å². The van der Waals surface area contributed by atoms with Crippen molar-refractivity contribution in [2.45, 2.75) is 20.8 Å². The molecule has 1 amide bonds. The molecule has 86 valence electrons. The molecule has 0 aliphatic rings. The molecule has 0 radical (unpaired) electrons. The minimum Gasteiger partial charge on any atom is -0.340 e. The van der Waals surface area contributed by atoms with Crippen LogP contribution in [0.5, 0.6) is 0 Å². The van der Waals surface area contributed by atoms with E-state index in [1.165, 1.54) is 5.56 Å². The summed E-state index contributed by atoms with van der Waals surface area (Å²) in [5.74, 6) is 0.0755. The lowest BCUT2D eigenvalue weighted by molar-refractivity contribution is -0.125. The fraction of sp³-hybridized carbons (Fsp3) is 0.357. The zero-order valence-corrected chi connectivity index (χ0v) is 10.2. The molecule has 16 heavy (non-hydrogen) atoms. The monoisotopic (exact) mass is 217 g/mol. The maximum Gasteiger partial charge on any atom is 0.246 e. The Kier molecular flexibility index (Phi) is 4.77. The van der Waals surface area contributed by atoms with Crippen molar-refractivity contribution in [3.05, 3.63) is 41.5 Å². The topological polar surface area (TPSA) is 20.3 Å². The molecule has 0 atom stereocenters. The van der Waals surface area contributed by atoms with Crippen molar-refractivity contribution < 1.29 is 4.79 Å². The number of nitrogens with zero attached hydrogens (tertiary/aromatic N) is 1. The summed E-state index contributed by atoms with van der Waals surface area (Å²) in [7, 11) is 0. The van der Waals surface area contributed by atoms with Crippen LogP contribution >= 0.6 is 0 Å². The van der Waals surface area contributed by atoms with Gasteiger partial charge in [0.2, 0.25) is 5.91 Å². The fourth-order valence-corrected chi connectivity index (χ4v) is 1.58. The lowest BCUT2D eigenvalue weighted by atomic mass is 10.1. The van der Waals surface area contributed by atoms with Gasteiger partial charge in [0.05, 0.1) is 0 Å². The van der Waals surface area contributed by atoms with Gasteiger partial charge >= 0.3 is 0 Å². The molecule has 0 aliphatic carbocycles. The Labute approximate surface area is 97.6 Å². The minimum absolute atomic E-state index is 0.0755. The van der Waals surface area contributed by atoms with Crippen LogP contribution in [-0.2, 0) is 4.79 Å². The van der Waals surface area contributed by atoms with Gasteiger partial charge < -0.3 is 4.90 Å². The molecule has 1 aromatic rings. The van der Waals surface area contributed by atoms with Gasteiger partial charge in [-0.25, -0.2) is 0 Å². The van der Waals surface area contributed by atoms with Gasteiger partial charge in [-0.05, 0) is 32.4 Å². The van der Waals surface area contributed by atoms with Crippen molar-refractivity contribution in [1.82, 2.24) is 4.90 Å². The Morgan fingerprint density at radius 3 is 2.56 bits per heavy atom. The van der Waals surface area contributed by atoms with Crippen molar-refractivity contribution in [2.24, 2.45) is 0 Å². The number of benzene rings is 1. The van der Waals surface area contributed by atoms with Crippen LogP contribution in [0.4, 0.5) is 0 Å². The third kappa shape index (κ3) is 3.54. The van der Waals surface area contributed by atoms with Crippen molar-refractivity contribution >= 4 is 12.0 Å². The van der Waals surface area contributed by atoms with Gasteiger partial charge in [0.1, 0.15) is 0 Å². The highest BCUT2D eigenvalue weighted by Gasteiger charge is 2.03. The molecule has 2 nitrogen and oxygen atoms in total. The highest BCUT2D eigenvalue weighted by molar-refractivity contribution is 5.91. The van der Waals surface area contributed by atoms with Gasteiger partial charge in [-0.1, -0.05) is 29.8 Å². The molecule has 0 saturated carbocycles. The molecular formula is C14H19NO. The summed E-state index contributed by atoms with van der Waals surface area (Å²) in [5, 5.41) is 0. The molecule has 1 aromatic carbocycles. The van der Waals surface area contributed by atoms with Gasteiger partial charge in [-0.2, -0.15) is 0 Å². The zero-order valence-electron chi connectivity index (χ0n) is 10.2. The summed E-state index contributed by atoms with van der Waals surface area (Å²) < 4.78 is 0. The normalized spacial score (nSPS) is 10.7. The Bertz CT molecular complexity index is 378. The number of carbonyl (C=O) groups excluding carboxylic acids is 1. The Morgan fingerprint density at radius 1 is 1.31 bits per heavy atom. The number of aryl methyl sites for hydroxylation is 1. The number of amides is 1. The number of likely N-dealkylation sites (N-methyl/N-ethyl adjacent to an activating group) is 1. The standard InChI is InChI=1S/C14H19NO/c1-4-15(5-2)14(16)10-9-13-8-6-7-12(3)11-13/h6-11H,4-5H2,1-3H3. The van der Waals surface area contributed by atoms with Crippen LogP contribution < -0.4 is 0 Å². The van der Waals surface area contributed by atoms with Crippen LogP contribution in [0.25, 0.3) is 6.08 Å². The van der Waals surface area contributed by atoms with Crippen molar-refractivity contribution in [1.29, 1.82) is 0 Å². The number of hydrogen-bond acceptors (Lipinski definition) is 1. The molecule has 0 aliphatic heterocycles. The van der Waals surface area contributed by atoms with E-state index in [-0.39, 0.29) is 5.91 Å². The lowest BCUT2D eigenvalue weighted by Gasteiger charge is -2.15. The molecule has 0 saturated heterocycles. The van der Waals surface area contributed by atoms with E-state index in [4.69, 9.17) is 0 Å². The van der Waals surface area contributed by atoms with Crippen LogP contribution in [0.2, 0.25) is 0 Å². The highest BCUT2D eigenvalue weighted by Crippen LogP contribution is 2.06. The maximum absolute atomic E-state index is 11.7. The van der Waals surface area contributed by atoms with Gasteiger partial charge in [-0.3, -0.25) is 4.79 Å². The minimum atomic E-state index is 0.0755. The van der Waals surface area contributed by atoms with Gasteiger partial charge in [0.25, 0.3) is 0 Å². The summed E-state index contributed by atoms with van der Waals surface area (Å²) in [6, 6.07) is 8.10. The molecule has 2 heteroatoms. The second-order valence-corrected chi connectivity index (χ2v) is 3.76. The molecule has 0 unspecified atom stereocenters. The van der Waals surface area contributed by atoms with Crippen LogP contribution in [0, 0.1) is 6.92 Å². The first-order chi connectivity index (χ1) is 7.67. The quantitative estimate of drug-likeness (QED) is 0.710. The largest absolute Gasteiger partial charge is 0.340 e. The SMILES string of the molecule is CCN(CC)C(=O)C=Cc1cccc(C)c1. The van der Waals surface area contributed by atoms with Crippen molar-refractivity contribution in [2.75, 3.05) is 13.1 Å². The first-order valence-electron chi connectivity index (χ1n) is 5.71. The Morgan fingerprint density at radius 2 is 2.00 bits per heavy atom. The molecule has 1 rings (SSSR count). The first kappa shape index (κ1) is 12.5. The summed E-state index contributed by atoms with van der Waals surface area (Å²) in [6.07, 6.45) is 3.51. The smallest absolute Gasteiger partial charge is 0.246 e. The van der Waals surface area contributed by atoms with E-state index in [0.717, 1.165) is 18.7 Å². The fourth-order valence-electron chi connectivity index (χ4n) is 1.58. The molecule has 0 N–H and O–H groups in total. The highest BCUT2D eigenvalue weighted by atomic mass is 16.2. The molecule has 0 aromatic heterocycles. The second kappa shape index (κ2) is 6.11. The summed E-state index contributed by atoms with van der Waals surface area (Å²) in [6.45, 7) is 7.54. The zero-order chi connectivity index (χ0) is 12.0.